The van der Waals surface area contributed by atoms with E-state index in [1.807, 2.05) is 6.92 Å². The Balaban J connectivity index is 1.45. The molecule has 4 N–H and O–H groups in total. The number of alkyl carbamates (subject to hydrolysis) is 1. The normalized spacial score (nSPS) is 21.5. The van der Waals surface area contributed by atoms with Gasteiger partial charge in [0.1, 0.15) is 23.7 Å². The summed E-state index contributed by atoms with van der Waals surface area (Å²) in [5.41, 5.74) is -0.200. The molecular weight excluding hydrogens is 680 g/mol. The number of rotatable bonds is 15. The van der Waals surface area contributed by atoms with Crippen molar-refractivity contribution >= 4 is 41.4 Å². The monoisotopic (exact) mass is 738 g/mol. The van der Waals surface area contributed by atoms with Gasteiger partial charge in [0.15, 0.2) is 0 Å². The van der Waals surface area contributed by atoms with Crippen LogP contribution in [0.5, 0.6) is 0 Å². The summed E-state index contributed by atoms with van der Waals surface area (Å²) in [7, 11) is 3.13. The predicted octanol–water partition coefficient (Wildman–Crippen LogP) is 3.15. The lowest BCUT2D eigenvalue weighted by Gasteiger charge is -2.40. The van der Waals surface area contributed by atoms with Gasteiger partial charge in [-0.1, -0.05) is 69.4 Å². The molecule has 53 heavy (non-hydrogen) atoms. The second kappa shape index (κ2) is 18.5. The summed E-state index contributed by atoms with van der Waals surface area (Å²) in [4.78, 5) is 96.8. The molecule has 3 fully saturated rings. The molecule has 0 unspecified atom stereocenters. The Kier molecular flexibility index (Phi) is 14.4. The largest absolute Gasteiger partial charge is 0.444 e. The van der Waals surface area contributed by atoms with Crippen LogP contribution < -0.4 is 21.3 Å². The van der Waals surface area contributed by atoms with E-state index < -0.39 is 65.9 Å². The molecule has 2 aliphatic carbocycles. The maximum absolute atomic E-state index is 14.4. The maximum Gasteiger partial charge on any atom is 0.408 e. The molecule has 292 valence electrons. The van der Waals surface area contributed by atoms with Crippen LogP contribution in [0.2, 0.25) is 0 Å². The molecule has 4 rings (SSSR count). The van der Waals surface area contributed by atoms with Crippen molar-refractivity contribution in [2.45, 2.75) is 134 Å². The first-order chi connectivity index (χ1) is 25.1. The van der Waals surface area contributed by atoms with Gasteiger partial charge in [0.25, 0.3) is 5.91 Å². The summed E-state index contributed by atoms with van der Waals surface area (Å²) < 4.78 is 5.52. The molecule has 6 amide bonds. The van der Waals surface area contributed by atoms with Crippen LogP contribution in [0.3, 0.4) is 0 Å². The molecule has 2 bridgehead atoms. The molecule has 1 aromatic rings. The molecule has 1 saturated heterocycles. The number of likely N-dealkylation sites (tertiary alicyclic amines) is 1. The van der Waals surface area contributed by atoms with Crippen molar-refractivity contribution in [2.24, 2.45) is 11.8 Å². The third-order valence-electron chi connectivity index (χ3n) is 10.4. The number of ketones is 1. The van der Waals surface area contributed by atoms with Crippen LogP contribution in [-0.4, -0.2) is 102 Å². The number of amides is 6. The van der Waals surface area contributed by atoms with Crippen LogP contribution in [0, 0.1) is 11.8 Å². The predicted molar refractivity (Wildman–Crippen MR) is 197 cm³/mol. The van der Waals surface area contributed by atoms with Crippen molar-refractivity contribution in [2.75, 3.05) is 20.6 Å². The smallest absolute Gasteiger partial charge is 0.408 e. The Morgan fingerprint density at radius 3 is 2.21 bits per heavy atom. The number of benzene rings is 1. The van der Waals surface area contributed by atoms with Gasteiger partial charge in [0, 0.05) is 20.1 Å². The van der Waals surface area contributed by atoms with Gasteiger partial charge in [-0.25, -0.2) is 4.79 Å². The van der Waals surface area contributed by atoms with Crippen molar-refractivity contribution in [3.05, 3.63) is 35.9 Å². The van der Waals surface area contributed by atoms with Crippen molar-refractivity contribution in [3.63, 3.8) is 0 Å². The van der Waals surface area contributed by atoms with Crippen LogP contribution >= 0.6 is 0 Å². The van der Waals surface area contributed by atoms with Gasteiger partial charge < -0.3 is 35.8 Å². The number of hydrogen-bond donors (Lipinski definition) is 4. The van der Waals surface area contributed by atoms with E-state index in [-0.39, 0.29) is 36.1 Å². The lowest BCUT2D eigenvalue weighted by molar-refractivity contribution is -0.147. The molecule has 6 atom stereocenters. The third-order valence-corrected chi connectivity index (χ3v) is 10.4. The SMILES string of the molecule is CCCC[C@H](NC(=O)[C@@H]1[C@H]2CC[C@H](C2)N1C(=O)[C@@H](NC(=O)OC(C)(C)C)C1CCCCC1)C(=O)C(=O)NCC(=O)N[C@H](C(=O)N(C)C)c1ccccc1. The maximum atomic E-state index is 14.4. The minimum absolute atomic E-state index is 0.102. The quantitative estimate of drug-likeness (QED) is 0.198. The lowest BCUT2D eigenvalue weighted by Crippen LogP contribution is -2.61. The highest BCUT2D eigenvalue weighted by molar-refractivity contribution is 6.38. The van der Waals surface area contributed by atoms with E-state index >= 15 is 0 Å². The van der Waals surface area contributed by atoms with E-state index in [2.05, 4.69) is 21.3 Å². The number of carbonyl (C=O) groups is 7. The lowest BCUT2D eigenvalue weighted by atomic mass is 9.83. The molecule has 14 heteroatoms. The van der Waals surface area contributed by atoms with E-state index in [4.69, 9.17) is 4.74 Å². The molecule has 1 heterocycles. The van der Waals surface area contributed by atoms with Crippen molar-refractivity contribution < 1.29 is 38.3 Å². The summed E-state index contributed by atoms with van der Waals surface area (Å²) in [6, 6.07) is 4.60. The van der Waals surface area contributed by atoms with Crippen molar-refractivity contribution in [3.8, 4) is 0 Å². The molecule has 1 aliphatic heterocycles. The van der Waals surface area contributed by atoms with Gasteiger partial charge in [0.2, 0.25) is 29.4 Å². The zero-order valence-electron chi connectivity index (χ0n) is 32.1. The number of nitrogens with one attached hydrogen (secondary N) is 4. The molecule has 0 radical (unpaired) electrons. The number of carbonyl (C=O) groups excluding carboxylic acids is 7. The van der Waals surface area contributed by atoms with Crippen molar-refractivity contribution in [1.82, 2.24) is 31.1 Å². The second-order valence-electron chi connectivity index (χ2n) is 15.8. The molecule has 1 aromatic carbocycles. The molecule has 14 nitrogen and oxygen atoms in total. The molecule has 0 aromatic heterocycles. The fourth-order valence-electron chi connectivity index (χ4n) is 7.83. The van der Waals surface area contributed by atoms with Gasteiger partial charge in [-0.2, -0.15) is 0 Å². The Labute approximate surface area is 312 Å². The topological polar surface area (TPSA) is 183 Å². The van der Waals surface area contributed by atoms with Crippen LogP contribution in [0.1, 0.15) is 110 Å². The summed E-state index contributed by atoms with van der Waals surface area (Å²) in [6.07, 6.45) is 7.32. The van der Waals surface area contributed by atoms with Gasteiger partial charge >= 0.3 is 6.09 Å². The Bertz CT molecular complexity index is 1490. The van der Waals surface area contributed by atoms with Crippen LogP contribution in [0.15, 0.2) is 30.3 Å². The van der Waals surface area contributed by atoms with Gasteiger partial charge in [-0.3, -0.25) is 28.8 Å². The summed E-state index contributed by atoms with van der Waals surface area (Å²) in [5.74, 6) is -4.06. The van der Waals surface area contributed by atoms with E-state index in [9.17, 15) is 33.6 Å². The average molecular weight is 739 g/mol. The number of ether oxygens (including phenoxy) is 1. The summed E-state index contributed by atoms with van der Waals surface area (Å²) in [6.45, 7) is 6.62. The number of likely N-dealkylation sites (N-methyl/N-ethyl adjacent to an activating group) is 1. The first kappa shape index (κ1) is 41.3. The zero-order chi connectivity index (χ0) is 38.9. The number of nitrogens with zero attached hydrogens (tertiary/aromatic N) is 2. The molecule has 3 aliphatic rings. The van der Waals surface area contributed by atoms with E-state index in [1.165, 1.54) is 4.90 Å². The molecular formula is C39H58N6O8. The van der Waals surface area contributed by atoms with Crippen LogP contribution in [0.25, 0.3) is 0 Å². The van der Waals surface area contributed by atoms with Crippen LogP contribution in [0.4, 0.5) is 4.79 Å². The summed E-state index contributed by atoms with van der Waals surface area (Å²) >= 11 is 0. The first-order valence-electron chi connectivity index (χ1n) is 19.1. The number of piperidine rings is 1. The van der Waals surface area contributed by atoms with E-state index in [0.29, 0.717) is 24.8 Å². The first-order valence-corrected chi connectivity index (χ1v) is 19.1. The van der Waals surface area contributed by atoms with E-state index in [0.717, 1.165) is 44.9 Å². The molecule has 0 spiro atoms. The van der Waals surface area contributed by atoms with E-state index in [1.54, 1.807) is 70.1 Å². The number of unbranched alkanes of at least 4 members (excludes halogenated alkanes) is 1. The number of fused-ring (bicyclic) bond motifs is 2. The number of Topliss-reactive ketones (excluding diaryl/α,β-unsaturated/α-hetero) is 1. The third kappa shape index (κ3) is 11.0. The highest BCUT2D eigenvalue weighted by Gasteiger charge is 2.53. The van der Waals surface area contributed by atoms with Crippen molar-refractivity contribution in [1.29, 1.82) is 0 Å². The standard InChI is InChI=1S/C39H58N6O8/c1-7-8-19-28(33(47)35(49)40-23-29(46)42-30(36(50)44(5)6)24-15-11-9-12-16-24)41-34(48)32-26-20-21-27(22-26)45(32)37(51)31(25-17-13-10-14-18-25)43-38(52)53-39(2,3)4/h9,11-12,15-16,25-28,30-32H,7-8,10,13-14,17-23H2,1-6H3,(H,40,49)(H,41,48)(H,42,46)(H,43,52)/t26-,27+,28-,30-,31-,32-/m0/s1. The zero-order valence-corrected chi connectivity index (χ0v) is 32.1. The van der Waals surface area contributed by atoms with Crippen LogP contribution in [-0.2, 0) is 33.5 Å². The Morgan fingerprint density at radius 1 is 0.906 bits per heavy atom. The Morgan fingerprint density at radius 2 is 1.58 bits per heavy atom. The summed E-state index contributed by atoms with van der Waals surface area (Å²) in [5, 5.41) is 10.6. The second-order valence-corrected chi connectivity index (χ2v) is 15.8. The fourth-order valence-corrected chi connectivity index (χ4v) is 7.83. The Hall–Kier alpha value is -4.49. The fraction of sp³-hybridized carbons (Fsp3) is 0.667. The average Bonchev–Trinajstić information content (AvgIpc) is 3.75. The number of hydrogen-bond acceptors (Lipinski definition) is 8. The van der Waals surface area contributed by atoms with Gasteiger partial charge in [-0.15, -0.1) is 0 Å². The van der Waals surface area contributed by atoms with Gasteiger partial charge in [-0.05, 0) is 76.7 Å². The minimum Gasteiger partial charge on any atom is -0.444 e. The minimum atomic E-state index is -1.18. The highest BCUT2D eigenvalue weighted by atomic mass is 16.6. The molecule has 2 saturated carbocycles. The van der Waals surface area contributed by atoms with Gasteiger partial charge in [0.05, 0.1) is 12.6 Å². The highest BCUT2D eigenvalue weighted by Crippen LogP contribution is 2.43.